The monoisotopic (exact) mass is 315 g/mol. The summed E-state index contributed by atoms with van der Waals surface area (Å²) < 4.78 is 31.5. The van der Waals surface area contributed by atoms with Crippen LogP contribution in [0.2, 0.25) is 0 Å². The third-order valence-electron chi connectivity index (χ3n) is 2.85. The first kappa shape index (κ1) is 18.0. The van der Waals surface area contributed by atoms with E-state index in [1.807, 2.05) is 0 Å². The molecule has 0 aliphatic heterocycles. The van der Waals surface area contributed by atoms with Gasteiger partial charge in [-0.1, -0.05) is 19.9 Å². The minimum absolute atomic E-state index is 0.0579. The molecule has 0 saturated carbocycles. The molecule has 0 aromatic carbocycles. The van der Waals surface area contributed by atoms with Crippen molar-refractivity contribution in [2.75, 3.05) is 20.3 Å². The Balaban J connectivity index is 2.51. The number of pyridine rings is 1. The lowest BCUT2D eigenvalue weighted by Crippen LogP contribution is -2.26. The highest BCUT2D eigenvalue weighted by molar-refractivity contribution is 7.89. The van der Waals surface area contributed by atoms with Gasteiger partial charge in [0.05, 0.1) is 0 Å². The van der Waals surface area contributed by atoms with E-state index in [1.165, 1.54) is 6.07 Å². The first-order valence-corrected chi connectivity index (χ1v) is 8.61. The summed E-state index contributed by atoms with van der Waals surface area (Å²) in [6.07, 6.45) is 3.16. The fourth-order valence-corrected chi connectivity index (χ4v) is 2.65. The molecule has 0 radical (unpaired) electrons. The normalized spacial score (nSPS) is 12.0. The van der Waals surface area contributed by atoms with Crippen LogP contribution < -0.4 is 10.0 Å². The molecule has 0 amide bonds. The van der Waals surface area contributed by atoms with Gasteiger partial charge in [-0.05, 0) is 24.5 Å². The average Bonchev–Trinajstić information content (AvgIpc) is 2.45. The molecular weight excluding hydrogens is 290 g/mol. The van der Waals surface area contributed by atoms with Crippen molar-refractivity contribution in [1.29, 1.82) is 0 Å². The van der Waals surface area contributed by atoms with Gasteiger partial charge in [0.2, 0.25) is 0 Å². The Morgan fingerprint density at radius 2 is 2.05 bits per heavy atom. The standard InChI is InChI=1S/C14H25N3O3S/c1-12(2)15-10-13-6-7-14(16-11-13)21(18,19)17-8-4-5-9-20-3/h6-7,11-12,15,17H,4-5,8-10H2,1-3H3. The number of ether oxygens (including phenoxy) is 1. The third-order valence-corrected chi connectivity index (χ3v) is 4.23. The van der Waals surface area contributed by atoms with Gasteiger partial charge >= 0.3 is 0 Å². The molecule has 1 aromatic rings. The Kier molecular flexibility index (Phi) is 7.81. The largest absolute Gasteiger partial charge is 0.385 e. The van der Waals surface area contributed by atoms with Crippen LogP contribution in [0.4, 0.5) is 0 Å². The Bertz CT molecular complexity index is 501. The Hall–Kier alpha value is -1.02. The van der Waals surface area contributed by atoms with Crippen molar-refractivity contribution in [3.8, 4) is 0 Å². The van der Waals surface area contributed by atoms with E-state index in [0.717, 1.165) is 18.4 Å². The van der Waals surface area contributed by atoms with Crippen molar-refractivity contribution >= 4 is 10.0 Å². The Labute approximate surface area is 127 Å². The number of methoxy groups -OCH3 is 1. The Morgan fingerprint density at radius 3 is 2.62 bits per heavy atom. The number of sulfonamides is 1. The number of nitrogens with one attached hydrogen (secondary N) is 2. The van der Waals surface area contributed by atoms with E-state index >= 15 is 0 Å². The van der Waals surface area contributed by atoms with Gasteiger partial charge in [-0.15, -0.1) is 0 Å². The summed E-state index contributed by atoms with van der Waals surface area (Å²) in [7, 11) is -1.89. The molecule has 0 unspecified atom stereocenters. The summed E-state index contributed by atoms with van der Waals surface area (Å²) in [4.78, 5) is 4.03. The smallest absolute Gasteiger partial charge is 0.258 e. The molecular formula is C14H25N3O3S. The quantitative estimate of drug-likeness (QED) is 0.636. The van der Waals surface area contributed by atoms with Gasteiger partial charge in [0.25, 0.3) is 10.0 Å². The second kappa shape index (κ2) is 9.09. The average molecular weight is 315 g/mol. The maximum atomic E-state index is 12.0. The lowest BCUT2D eigenvalue weighted by Gasteiger charge is -2.09. The molecule has 0 aliphatic carbocycles. The van der Waals surface area contributed by atoms with Gasteiger partial charge in [-0.25, -0.2) is 18.1 Å². The van der Waals surface area contributed by atoms with Gasteiger partial charge < -0.3 is 10.1 Å². The van der Waals surface area contributed by atoms with E-state index in [9.17, 15) is 8.42 Å². The van der Waals surface area contributed by atoms with Gasteiger partial charge in [-0.2, -0.15) is 0 Å². The van der Waals surface area contributed by atoms with Gasteiger partial charge in [0.1, 0.15) is 0 Å². The van der Waals surface area contributed by atoms with Crippen LogP contribution in [0.15, 0.2) is 23.4 Å². The van der Waals surface area contributed by atoms with E-state index in [0.29, 0.717) is 25.7 Å². The van der Waals surface area contributed by atoms with Gasteiger partial charge in [-0.3, -0.25) is 0 Å². The topological polar surface area (TPSA) is 80.3 Å². The van der Waals surface area contributed by atoms with E-state index in [4.69, 9.17) is 4.74 Å². The fourth-order valence-electron chi connectivity index (χ4n) is 1.65. The molecule has 21 heavy (non-hydrogen) atoms. The summed E-state index contributed by atoms with van der Waals surface area (Å²) in [5.74, 6) is 0. The van der Waals surface area contributed by atoms with Crippen LogP contribution in [0.3, 0.4) is 0 Å². The maximum absolute atomic E-state index is 12.0. The lowest BCUT2D eigenvalue weighted by molar-refractivity contribution is 0.193. The molecule has 0 bridgehead atoms. The molecule has 1 aromatic heterocycles. The van der Waals surface area contributed by atoms with Crippen LogP contribution in [0.5, 0.6) is 0 Å². The molecule has 6 nitrogen and oxygen atoms in total. The first-order valence-electron chi connectivity index (χ1n) is 7.12. The zero-order valence-corrected chi connectivity index (χ0v) is 13.7. The molecule has 120 valence electrons. The molecule has 2 N–H and O–H groups in total. The van der Waals surface area contributed by atoms with Crippen molar-refractivity contribution in [2.24, 2.45) is 0 Å². The molecule has 0 fully saturated rings. The van der Waals surface area contributed by atoms with E-state index in [1.54, 1.807) is 19.4 Å². The molecule has 1 heterocycles. The number of rotatable bonds is 10. The highest BCUT2D eigenvalue weighted by Gasteiger charge is 2.14. The summed E-state index contributed by atoms with van der Waals surface area (Å²) in [5, 5.41) is 3.31. The maximum Gasteiger partial charge on any atom is 0.258 e. The van der Waals surface area contributed by atoms with Crippen molar-refractivity contribution in [1.82, 2.24) is 15.0 Å². The predicted octanol–water partition coefficient (Wildman–Crippen LogP) is 1.28. The first-order chi connectivity index (χ1) is 9.95. The van der Waals surface area contributed by atoms with Crippen molar-refractivity contribution in [3.05, 3.63) is 23.9 Å². The SMILES string of the molecule is COCCCCNS(=O)(=O)c1ccc(CNC(C)C)cn1. The van der Waals surface area contributed by atoms with E-state index < -0.39 is 10.0 Å². The summed E-state index contributed by atoms with van der Waals surface area (Å²) in [6, 6.07) is 3.69. The lowest BCUT2D eigenvalue weighted by atomic mass is 10.2. The highest BCUT2D eigenvalue weighted by Crippen LogP contribution is 2.07. The van der Waals surface area contributed by atoms with Crippen LogP contribution in [-0.4, -0.2) is 39.7 Å². The van der Waals surface area contributed by atoms with Crippen molar-refractivity contribution in [3.63, 3.8) is 0 Å². The van der Waals surface area contributed by atoms with Gasteiger partial charge in [0.15, 0.2) is 5.03 Å². The zero-order valence-electron chi connectivity index (χ0n) is 12.9. The minimum atomic E-state index is -3.52. The van der Waals surface area contributed by atoms with Crippen molar-refractivity contribution in [2.45, 2.75) is 44.3 Å². The molecule has 0 saturated heterocycles. The molecule has 0 atom stereocenters. The van der Waals surface area contributed by atoms with Crippen LogP contribution in [0.1, 0.15) is 32.3 Å². The second-order valence-electron chi connectivity index (χ2n) is 5.14. The van der Waals surface area contributed by atoms with Crippen LogP contribution >= 0.6 is 0 Å². The summed E-state index contributed by atoms with van der Waals surface area (Å²) in [5.41, 5.74) is 0.961. The van der Waals surface area contributed by atoms with Crippen molar-refractivity contribution < 1.29 is 13.2 Å². The summed E-state index contributed by atoms with van der Waals surface area (Å²) in [6.45, 7) is 5.82. The third kappa shape index (κ3) is 6.99. The number of aromatic nitrogens is 1. The zero-order chi connectivity index (χ0) is 15.7. The number of nitrogens with zero attached hydrogens (tertiary/aromatic N) is 1. The van der Waals surface area contributed by atoms with Crippen LogP contribution in [0.25, 0.3) is 0 Å². The predicted molar refractivity (Wildman–Crippen MR) is 82.5 cm³/mol. The van der Waals surface area contributed by atoms with Crippen LogP contribution in [0, 0.1) is 0 Å². The number of unbranched alkanes of at least 4 members (excludes halogenated alkanes) is 1. The number of hydrogen-bond donors (Lipinski definition) is 2. The Morgan fingerprint density at radius 1 is 1.29 bits per heavy atom. The van der Waals surface area contributed by atoms with E-state index in [2.05, 4.69) is 28.9 Å². The molecule has 7 heteroatoms. The van der Waals surface area contributed by atoms with Gasteiger partial charge in [0, 0.05) is 39.0 Å². The molecule has 0 aliphatic rings. The molecule has 1 rings (SSSR count). The minimum Gasteiger partial charge on any atom is -0.385 e. The molecule has 0 spiro atoms. The second-order valence-corrected chi connectivity index (χ2v) is 6.85. The van der Waals surface area contributed by atoms with E-state index in [-0.39, 0.29) is 5.03 Å². The van der Waals surface area contributed by atoms with Crippen LogP contribution in [-0.2, 0) is 21.3 Å². The highest BCUT2D eigenvalue weighted by atomic mass is 32.2. The number of hydrogen-bond acceptors (Lipinski definition) is 5. The summed E-state index contributed by atoms with van der Waals surface area (Å²) >= 11 is 0. The fraction of sp³-hybridized carbons (Fsp3) is 0.643.